The smallest absolute Gasteiger partial charge is 0.242 e. The second kappa shape index (κ2) is 6.92. The third kappa shape index (κ3) is 3.42. The topological polar surface area (TPSA) is 63.2 Å². The van der Waals surface area contributed by atoms with Crippen molar-refractivity contribution in [2.75, 3.05) is 19.0 Å². The van der Waals surface area contributed by atoms with Gasteiger partial charge >= 0.3 is 0 Å². The van der Waals surface area contributed by atoms with Crippen molar-refractivity contribution in [3.05, 3.63) is 30.5 Å². The van der Waals surface area contributed by atoms with Crippen molar-refractivity contribution in [1.29, 1.82) is 0 Å². The number of nitrogens with one attached hydrogen (secondary N) is 2. The quantitative estimate of drug-likeness (QED) is 0.857. The zero-order valence-electron chi connectivity index (χ0n) is 12.6. The monoisotopic (exact) mass is 287 g/mol. The van der Waals surface area contributed by atoms with E-state index in [1.807, 2.05) is 38.1 Å². The second-order valence-electron chi connectivity index (χ2n) is 4.87. The molecule has 2 N–H and O–H groups in total. The maximum Gasteiger partial charge on any atom is 0.242 e. The fourth-order valence-corrected chi connectivity index (χ4v) is 2.14. The van der Waals surface area contributed by atoms with E-state index in [1.54, 1.807) is 13.3 Å². The molecule has 5 nitrogen and oxygen atoms in total. The van der Waals surface area contributed by atoms with Gasteiger partial charge in [-0.15, -0.1) is 0 Å². The van der Waals surface area contributed by atoms with Crippen LogP contribution in [0, 0.1) is 0 Å². The highest BCUT2D eigenvalue weighted by atomic mass is 16.5. The number of rotatable bonds is 6. The summed E-state index contributed by atoms with van der Waals surface area (Å²) in [7, 11) is 1.64. The minimum absolute atomic E-state index is 0.0291. The van der Waals surface area contributed by atoms with Gasteiger partial charge in [0.25, 0.3) is 0 Å². The molecule has 0 spiro atoms. The number of aromatic nitrogens is 1. The van der Waals surface area contributed by atoms with Gasteiger partial charge < -0.3 is 15.4 Å². The fourth-order valence-electron chi connectivity index (χ4n) is 2.14. The lowest BCUT2D eigenvalue weighted by Crippen LogP contribution is -2.38. The van der Waals surface area contributed by atoms with Gasteiger partial charge in [0, 0.05) is 23.5 Å². The van der Waals surface area contributed by atoms with E-state index in [9.17, 15) is 4.79 Å². The average Bonchev–Trinajstić information content (AvgIpc) is 2.52. The van der Waals surface area contributed by atoms with Crippen LogP contribution in [0.2, 0.25) is 0 Å². The normalized spacial score (nSPS) is 12.0. The van der Waals surface area contributed by atoms with Crippen LogP contribution in [-0.2, 0) is 4.79 Å². The zero-order valence-corrected chi connectivity index (χ0v) is 12.6. The molecular weight excluding hydrogens is 266 g/mol. The van der Waals surface area contributed by atoms with Gasteiger partial charge in [-0.2, -0.15) is 0 Å². The van der Waals surface area contributed by atoms with E-state index in [4.69, 9.17) is 4.74 Å². The Hall–Kier alpha value is -2.30. The summed E-state index contributed by atoms with van der Waals surface area (Å²) in [4.78, 5) is 16.3. The van der Waals surface area contributed by atoms with E-state index in [0.29, 0.717) is 12.4 Å². The Kier molecular flexibility index (Phi) is 4.98. The van der Waals surface area contributed by atoms with Gasteiger partial charge in [0.15, 0.2) is 0 Å². The molecular formula is C16H21N3O2. The molecule has 0 fully saturated rings. The fraction of sp³-hybridized carbons (Fsp3) is 0.375. The number of fused-ring (bicyclic) bond motifs is 1. The third-order valence-electron chi connectivity index (χ3n) is 3.28. The minimum atomic E-state index is -0.346. The van der Waals surface area contributed by atoms with Crippen LogP contribution < -0.4 is 15.4 Å². The number of nitrogens with zero attached hydrogens (tertiary/aromatic N) is 1. The molecule has 21 heavy (non-hydrogen) atoms. The number of hydrogen-bond donors (Lipinski definition) is 2. The largest absolute Gasteiger partial charge is 0.496 e. The van der Waals surface area contributed by atoms with E-state index in [1.165, 1.54) is 0 Å². The van der Waals surface area contributed by atoms with Crippen LogP contribution in [0.3, 0.4) is 0 Å². The van der Waals surface area contributed by atoms with Crippen LogP contribution in [0.5, 0.6) is 5.75 Å². The molecule has 0 bridgehead atoms. The number of hydrogen-bond acceptors (Lipinski definition) is 4. The molecule has 2 aromatic rings. The van der Waals surface area contributed by atoms with Crippen molar-refractivity contribution >= 4 is 22.5 Å². The van der Waals surface area contributed by atoms with Gasteiger partial charge in [0.05, 0.1) is 7.11 Å². The molecule has 0 radical (unpaired) electrons. The lowest BCUT2D eigenvalue weighted by molar-refractivity contribution is -0.121. The summed E-state index contributed by atoms with van der Waals surface area (Å²) in [6.45, 7) is 4.53. The maximum absolute atomic E-state index is 11.9. The van der Waals surface area contributed by atoms with Gasteiger partial charge in [0.2, 0.25) is 5.91 Å². The molecule has 0 aliphatic rings. The summed E-state index contributed by atoms with van der Waals surface area (Å²) in [5, 5.41) is 7.94. The van der Waals surface area contributed by atoms with Crippen LogP contribution in [0.25, 0.3) is 10.8 Å². The number of benzene rings is 1. The van der Waals surface area contributed by atoms with Crippen molar-refractivity contribution in [1.82, 2.24) is 10.3 Å². The number of methoxy groups -OCH3 is 1. The number of pyridine rings is 1. The lowest BCUT2D eigenvalue weighted by Gasteiger charge is -2.16. The summed E-state index contributed by atoms with van der Waals surface area (Å²) >= 11 is 0. The molecule has 1 atom stereocenters. The highest BCUT2D eigenvalue weighted by Crippen LogP contribution is 2.29. The van der Waals surface area contributed by atoms with E-state index < -0.39 is 0 Å². The maximum atomic E-state index is 11.9. The molecule has 1 aromatic carbocycles. The first-order valence-electron chi connectivity index (χ1n) is 7.13. The molecule has 1 unspecified atom stereocenters. The Bertz CT molecular complexity index is 628. The van der Waals surface area contributed by atoms with E-state index in [0.717, 1.165) is 22.9 Å². The first kappa shape index (κ1) is 15.1. The number of carbonyl (C=O) groups excluding carboxylic acids is 1. The van der Waals surface area contributed by atoms with Gasteiger partial charge in [0.1, 0.15) is 17.6 Å². The number of amides is 1. The SMILES string of the molecule is CCCNC(=O)C(C)Nc1nccc2c(OC)cccc12. The highest BCUT2D eigenvalue weighted by molar-refractivity contribution is 5.97. The molecule has 112 valence electrons. The lowest BCUT2D eigenvalue weighted by atomic mass is 10.1. The first-order valence-corrected chi connectivity index (χ1v) is 7.13. The first-order chi connectivity index (χ1) is 10.2. The molecule has 0 saturated heterocycles. The van der Waals surface area contributed by atoms with E-state index in [2.05, 4.69) is 15.6 Å². The predicted octanol–water partition coefficient (Wildman–Crippen LogP) is 2.57. The van der Waals surface area contributed by atoms with Crippen LogP contribution >= 0.6 is 0 Å². The van der Waals surface area contributed by atoms with Crippen molar-refractivity contribution in [3.63, 3.8) is 0 Å². The molecule has 0 aliphatic heterocycles. The standard InChI is InChI=1S/C16H21N3O2/c1-4-9-18-16(20)11(2)19-15-13-6-5-7-14(21-3)12(13)8-10-17-15/h5-8,10-11H,4,9H2,1-3H3,(H,17,19)(H,18,20). The minimum Gasteiger partial charge on any atom is -0.496 e. The summed E-state index contributed by atoms with van der Waals surface area (Å²) in [6.07, 6.45) is 2.63. The van der Waals surface area contributed by atoms with Crippen LogP contribution in [-0.4, -0.2) is 30.6 Å². The predicted molar refractivity (Wildman–Crippen MR) is 84.7 cm³/mol. The van der Waals surface area contributed by atoms with Gasteiger partial charge in [-0.1, -0.05) is 19.1 Å². The van der Waals surface area contributed by atoms with Crippen LogP contribution in [0.15, 0.2) is 30.5 Å². The van der Waals surface area contributed by atoms with Crippen molar-refractivity contribution in [2.24, 2.45) is 0 Å². The zero-order chi connectivity index (χ0) is 15.2. The van der Waals surface area contributed by atoms with Crippen molar-refractivity contribution < 1.29 is 9.53 Å². The van der Waals surface area contributed by atoms with E-state index in [-0.39, 0.29) is 11.9 Å². The molecule has 1 aromatic heterocycles. The van der Waals surface area contributed by atoms with E-state index >= 15 is 0 Å². The van der Waals surface area contributed by atoms with Crippen molar-refractivity contribution in [3.8, 4) is 5.75 Å². The average molecular weight is 287 g/mol. The Morgan fingerprint density at radius 2 is 2.14 bits per heavy atom. The number of carbonyl (C=O) groups is 1. The summed E-state index contributed by atoms with van der Waals surface area (Å²) < 4.78 is 5.35. The summed E-state index contributed by atoms with van der Waals surface area (Å²) in [5.74, 6) is 1.45. The molecule has 2 rings (SSSR count). The molecule has 1 heterocycles. The summed E-state index contributed by atoms with van der Waals surface area (Å²) in [5.41, 5.74) is 0. The van der Waals surface area contributed by atoms with Gasteiger partial charge in [-0.05, 0) is 25.5 Å². The Morgan fingerprint density at radius 1 is 1.33 bits per heavy atom. The third-order valence-corrected chi connectivity index (χ3v) is 3.28. The van der Waals surface area contributed by atoms with Gasteiger partial charge in [-0.3, -0.25) is 4.79 Å². The highest BCUT2D eigenvalue weighted by Gasteiger charge is 2.14. The molecule has 5 heteroatoms. The Labute approximate surface area is 124 Å². The van der Waals surface area contributed by atoms with Crippen LogP contribution in [0.1, 0.15) is 20.3 Å². The second-order valence-corrected chi connectivity index (χ2v) is 4.87. The molecule has 0 aliphatic carbocycles. The van der Waals surface area contributed by atoms with Crippen LogP contribution in [0.4, 0.5) is 5.82 Å². The number of ether oxygens (including phenoxy) is 1. The Morgan fingerprint density at radius 3 is 2.86 bits per heavy atom. The number of anilines is 1. The molecule has 0 saturated carbocycles. The Balaban J connectivity index is 2.24. The van der Waals surface area contributed by atoms with Crippen molar-refractivity contribution in [2.45, 2.75) is 26.3 Å². The molecule has 1 amide bonds. The summed E-state index contributed by atoms with van der Waals surface area (Å²) in [6, 6.07) is 7.34. The van der Waals surface area contributed by atoms with Gasteiger partial charge in [-0.25, -0.2) is 4.98 Å².